The average Bonchev–Trinajstić information content (AvgIpc) is 3.03. The second-order valence-electron chi connectivity index (χ2n) is 7.68. The van der Waals surface area contributed by atoms with Gasteiger partial charge in [-0.2, -0.15) is 0 Å². The largest absolute Gasteiger partial charge is 0.465 e. The number of likely N-dealkylation sites (N-methyl/N-ethyl adjacent to an activating group) is 1. The van der Waals surface area contributed by atoms with E-state index in [0.717, 1.165) is 5.56 Å². The van der Waals surface area contributed by atoms with E-state index in [2.05, 4.69) is 4.74 Å². The van der Waals surface area contributed by atoms with Crippen LogP contribution in [0.2, 0.25) is 0 Å². The molecule has 8 nitrogen and oxygen atoms in total. The minimum Gasteiger partial charge on any atom is -0.465 e. The lowest BCUT2D eigenvalue weighted by atomic mass is 9.83. The van der Waals surface area contributed by atoms with E-state index in [1.165, 1.54) is 12.0 Å². The predicted octanol–water partition coefficient (Wildman–Crippen LogP) is -0.539. The minimum atomic E-state index is -0.725. The molecule has 27 heavy (non-hydrogen) atoms. The maximum Gasteiger partial charge on any atom is 0.337 e. The van der Waals surface area contributed by atoms with E-state index in [9.17, 15) is 19.5 Å². The lowest BCUT2D eigenvalue weighted by Gasteiger charge is -2.57. The Labute approximate surface area is 157 Å². The van der Waals surface area contributed by atoms with Gasteiger partial charge in [-0.15, -0.1) is 0 Å². The SMILES string of the molecule is COC(=O)c1ccc(CN2C(=O)[C@@H]3C[C@@H](O)CN3C3(CN(C)C3)C2=O)cc1. The molecule has 0 aromatic heterocycles. The second kappa shape index (κ2) is 6.40. The third-order valence-electron chi connectivity index (χ3n) is 5.80. The number of ether oxygens (including phenoxy) is 1. The summed E-state index contributed by atoms with van der Waals surface area (Å²) >= 11 is 0. The molecular formula is C19H23N3O5. The van der Waals surface area contributed by atoms with Crippen LogP contribution in [0.15, 0.2) is 24.3 Å². The topological polar surface area (TPSA) is 90.4 Å². The molecule has 1 aromatic carbocycles. The third-order valence-corrected chi connectivity index (χ3v) is 5.80. The Morgan fingerprint density at radius 1 is 1.26 bits per heavy atom. The highest BCUT2D eigenvalue weighted by Crippen LogP contribution is 2.40. The van der Waals surface area contributed by atoms with Gasteiger partial charge in [-0.05, 0) is 31.2 Å². The lowest BCUT2D eigenvalue weighted by Crippen LogP contribution is -2.80. The number of esters is 1. The van der Waals surface area contributed by atoms with E-state index in [1.54, 1.807) is 24.3 Å². The Morgan fingerprint density at radius 3 is 2.52 bits per heavy atom. The van der Waals surface area contributed by atoms with Crippen molar-refractivity contribution in [1.29, 1.82) is 0 Å². The van der Waals surface area contributed by atoms with Gasteiger partial charge in [-0.3, -0.25) is 19.4 Å². The summed E-state index contributed by atoms with van der Waals surface area (Å²) < 4.78 is 4.69. The number of nitrogens with zero attached hydrogens (tertiary/aromatic N) is 3. The summed E-state index contributed by atoms with van der Waals surface area (Å²) in [6.07, 6.45) is -0.233. The Hall–Kier alpha value is -2.29. The molecule has 0 bridgehead atoms. The van der Waals surface area contributed by atoms with Gasteiger partial charge in [-0.25, -0.2) is 4.79 Å². The van der Waals surface area contributed by atoms with Crippen molar-refractivity contribution >= 4 is 17.8 Å². The quantitative estimate of drug-likeness (QED) is 0.562. The lowest BCUT2D eigenvalue weighted by molar-refractivity contribution is -0.179. The molecule has 3 saturated heterocycles. The smallest absolute Gasteiger partial charge is 0.337 e. The van der Waals surface area contributed by atoms with Gasteiger partial charge in [0.25, 0.3) is 5.91 Å². The summed E-state index contributed by atoms with van der Waals surface area (Å²) in [6.45, 7) is 1.63. The van der Waals surface area contributed by atoms with Crippen LogP contribution in [0.1, 0.15) is 22.3 Å². The summed E-state index contributed by atoms with van der Waals surface area (Å²) in [5.41, 5.74) is 0.454. The Bertz CT molecular complexity index is 787. The molecule has 144 valence electrons. The zero-order valence-electron chi connectivity index (χ0n) is 15.4. The van der Waals surface area contributed by atoms with E-state index in [4.69, 9.17) is 0 Å². The maximum absolute atomic E-state index is 13.2. The number of β-amino-alcohol motifs (C(OH)–C–C–N with tert-alkyl or cyclic N) is 1. The molecule has 1 N–H and O–H groups in total. The first-order valence-corrected chi connectivity index (χ1v) is 9.02. The maximum atomic E-state index is 13.2. The van der Waals surface area contributed by atoms with Crippen LogP contribution in [-0.4, -0.2) is 89.1 Å². The number of methoxy groups -OCH3 is 1. The summed E-state index contributed by atoms with van der Waals surface area (Å²) in [5, 5.41) is 10.1. The van der Waals surface area contributed by atoms with E-state index in [1.807, 2.05) is 16.8 Å². The highest BCUT2D eigenvalue weighted by molar-refractivity contribution is 6.06. The molecule has 0 aliphatic carbocycles. The van der Waals surface area contributed by atoms with Crippen molar-refractivity contribution in [3.8, 4) is 0 Å². The van der Waals surface area contributed by atoms with Gasteiger partial charge in [0, 0.05) is 19.6 Å². The molecule has 3 fully saturated rings. The number of aliphatic hydroxyl groups excluding tert-OH is 1. The first kappa shape index (κ1) is 18.1. The second-order valence-corrected chi connectivity index (χ2v) is 7.68. The molecule has 0 saturated carbocycles. The van der Waals surface area contributed by atoms with Gasteiger partial charge < -0.3 is 14.7 Å². The van der Waals surface area contributed by atoms with Gasteiger partial charge in [0.1, 0.15) is 5.54 Å². The number of fused-ring (bicyclic) bond motifs is 2. The zero-order valence-corrected chi connectivity index (χ0v) is 15.4. The molecule has 2 amide bonds. The van der Waals surface area contributed by atoms with Crippen LogP contribution >= 0.6 is 0 Å². The normalized spacial score (nSPS) is 27.6. The summed E-state index contributed by atoms with van der Waals surface area (Å²) in [4.78, 5) is 43.0. The van der Waals surface area contributed by atoms with Crippen molar-refractivity contribution in [2.45, 2.75) is 30.7 Å². The molecule has 4 rings (SSSR count). The standard InChI is InChI=1S/C19H23N3O5/c1-20-10-19(11-20)18(26)21(16(24)15-7-14(23)9-22(15)19)8-12-3-5-13(6-4-12)17(25)27-2/h3-6,14-15,23H,7-11H2,1-2H3/t14-,15+/m1/s1. The number of rotatable bonds is 3. The number of carbonyl (C=O) groups excluding carboxylic acids is 3. The molecule has 2 atom stereocenters. The highest BCUT2D eigenvalue weighted by Gasteiger charge is 2.63. The average molecular weight is 373 g/mol. The van der Waals surface area contributed by atoms with Crippen LogP contribution in [0.25, 0.3) is 0 Å². The van der Waals surface area contributed by atoms with Gasteiger partial charge >= 0.3 is 5.97 Å². The minimum absolute atomic E-state index is 0.158. The molecule has 1 spiro atoms. The highest BCUT2D eigenvalue weighted by atomic mass is 16.5. The first-order chi connectivity index (χ1) is 12.9. The Kier molecular flexibility index (Phi) is 4.29. The number of piperazine rings is 1. The molecule has 0 unspecified atom stereocenters. The number of imide groups is 1. The fraction of sp³-hybridized carbons (Fsp3) is 0.526. The van der Waals surface area contributed by atoms with Crippen LogP contribution in [0.3, 0.4) is 0 Å². The Balaban J connectivity index is 1.59. The van der Waals surface area contributed by atoms with Crippen molar-refractivity contribution in [2.24, 2.45) is 0 Å². The number of benzene rings is 1. The van der Waals surface area contributed by atoms with Crippen molar-refractivity contribution in [3.63, 3.8) is 0 Å². The molecular weight excluding hydrogens is 350 g/mol. The number of carbonyl (C=O) groups is 3. The van der Waals surface area contributed by atoms with Crippen molar-refractivity contribution in [1.82, 2.24) is 14.7 Å². The van der Waals surface area contributed by atoms with E-state index >= 15 is 0 Å². The number of hydrogen-bond acceptors (Lipinski definition) is 7. The van der Waals surface area contributed by atoms with Crippen molar-refractivity contribution < 1.29 is 24.2 Å². The number of hydrogen-bond donors (Lipinski definition) is 1. The third kappa shape index (κ3) is 2.75. The molecule has 0 radical (unpaired) electrons. The predicted molar refractivity (Wildman–Crippen MR) is 94.7 cm³/mol. The molecule has 8 heteroatoms. The van der Waals surface area contributed by atoms with Crippen LogP contribution in [0.4, 0.5) is 0 Å². The number of likely N-dealkylation sites (tertiary alicyclic amines) is 1. The van der Waals surface area contributed by atoms with Gasteiger partial charge in [0.2, 0.25) is 5.91 Å². The Morgan fingerprint density at radius 2 is 1.93 bits per heavy atom. The molecule has 1 aromatic rings. The van der Waals surface area contributed by atoms with Crippen LogP contribution in [0.5, 0.6) is 0 Å². The monoisotopic (exact) mass is 373 g/mol. The van der Waals surface area contributed by atoms with Crippen molar-refractivity contribution in [3.05, 3.63) is 35.4 Å². The summed E-state index contributed by atoms with van der Waals surface area (Å²) in [5.74, 6) is -0.888. The van der Waals surface area contributed by atoms with Gasteiger partial charge in [0.15, 0.2) is 0 Å². The summed E-state index contributed by atoms with van der Waals surface area (Å²) in [7, 11) is 3.25. The number of amides is 2. The van der Waals surface area contributed by atoms with Crippen LogP contribution in [0, 0.1) is 0 Å². The van der Waals surface area contributed by atoms with E-state index in [-0.39, 0.29) is 18.4 Å². The molecule has 3 aliphatic heterocycles. The van der Waals surface area contributed by atoms with Gasteiger partial charge in [0.05, 0.1) is 31.4 Å². The first-order valence-electron chi connectivity index (χ1n) is 9.02. The molecule has 3 aliphatic rings. The summed E-state index contributed by atoms with van der Waals surface area (Å²) in [6, 6.07) is 6.24. The van der Waals surface area contributed by atoms with Crippen molar-refractivity contribution in [2.75, 3.05) is 33.8 Å². The molecule has 3 heterocycles. The van der Waals surface area contributed by atoms with E-state index in [0.29, 0.717) is 31.6 Å². The van der Waals surface area contributed by atoms with Crippen LogP contribution in [-0.2, 0) is 20.9 Å². The fourth-order valence-electron chi connectivity index (χ4n) is 4.54. The zero-order chi connectivity index (χ0) is 19.3. The fourth-order valence-corrected chi connectivity index (χ4v) is 4.54. The van der Waals surface area contributed by atoms with Crippen LogP contribution < -0.4 is 0 Å². The van der Waals surface area contributed by atoms with Gasteiger partial charge in [-0.1, -0.05) is 12.1 Å². The van der Waals surface area contributed by atoms with E-state index < -0.39 is 23.7 Å². The number of aliphatic hydroxyl groups is 1.